The lowest BCUT2D eigenvalue weighted by Crippen LogP contribution is -1.98. The third-order valence-electron chi connectivity index (χ3n) is 2.65. The van der Waals surface area contributed by atoms with Crippen molar-refractivity contribution in [2.24, 2.45) is 5.10 Å². The van der Waals surface area contributed by atoms with Crippen LogP contribution in [0.25, 0.3) is 0 Å². The Morgan fingerprint density at radius 2 is 1.60 bits per heavy atom. The Hall–Kier alpha value is -1.10. The number of hydrogen-bond donors (Lipinski definition) is 1. The van der Waals surface area contributed by atoms with Gasteiger partial charge in [0.05, 0.1) is 5.69 Å². The first-order valence-electron chi connectivity index (χ1n) is 6.00. The molecular formula is C15H15ClN2S2. The minimum absolute atomic E-state index is 0.458. The monoisotopic (exact) mass is 322 g/mol. The van der Waals surface area contributed by atoms with Crippen molar-refractivity contribution in [1.29, 1.82) is 0 Å². The van der Waals surface area contributed by atoms with Crippen LogP contribution in [0, 0.1) is 0 Å². The zero-order chi connectivity index (χ0) is 14.4. The molecule has 2 aromatic rings. The molecule has 0 unspecified atom stereocenters. The van der Waals surface area contributed by atoms with Crippen LogP contribution in [-0.2, 0) is 0 Å². The van der Waals surface area contributed by atoms with Gasteiger partial charge in [-0.05, 0) is 42.8 Å². The van der Waals surface area contributed by atoms with E-state index in [4.69, 9.17) is 11.6 Å². The molecule has 0 amide bonds. The Kier molecular flexibility index (Phi) is 5.83. The van der Waals surface area contributed by atoms with E-state index in [0.29, 0.717) is 5.17 Å². The predicted octanol–water partition coefficient (Wildman–Crippen LogP) is 5.14. The third kappa shape index (κ3) is 4.20. The largest absolute Gasteiger partial charge is 0.277 e. The van der Waals surface area contributed by atoms with Crippen LogP contribution in [-0.4, -0.2) is 17.7 Å². The van der Waals surface area contributed by atoms with Crippen molar-refractivity contribution in [2.45, 2.75) is 9.79 Å². The minimum atomic E-state index is 0.458. The number of halogens is 1. The van der Waals surface area contributed by atoms with Crippen LogP contribution in [0.2, 0.25) is 0 Å². The molecule has 0 fully saturated rings. The van der Waals surface area contributed by atoms with Gasteiger partial charge in [0.1, 0.15) is 0 Å². The lowest BCUT2D eigenvalue weighted by Gasteiger charge is -2.06. The van der Waals surface area contributed by atoms with Crippen LogP contribution in [0.15, 0.2) is 63.4 Å². The van der Waals surface area contributed by atoms with E-state index in [1.54, 1.807) is 23.5 Å². The Morgan fingerprint density at radius 3 is 2.15 bits per heavy atom. The summed E-state index contributed by atoms with van der Waals surface area (Å²) < 4.78 is 0. The summed E-state index contributed by atoms with van der Waals surface area (Å²) in [6, 6.07) is 16.0. The number of hydrogen-bond acceptors (Lipinski definition) is 4. The molecule has 5 heteroatoms. The second kappa shape index (κ2) is 7.62. The molecule has 0 spiro atoms. The van der Waals surface area contributed by atoms with Crippen molar-refractivity contribution in [3.05, 3.63) is 54.1 Å². The van der Waals surface area contributed by atoms with Gasteiger partial charge in [-0.3, -0.25) is 5.43 Å². The predicted molar refractivity (Wildman–Crippen MR) is 92.5 cm³/mol. The summed E-state index contributed by atoms with van der Waals surface area (Å²) in [4.78, 5) is 2.36. The van der Waals surface area contributed by atoms with Gasteiger partial charge in [-0.15, -0.1) is 23.5 Å². The highest BCUT2D eigenvalue weighted by molar-refractivity contribution is 7.99. The van der Waals surface area contributed by atoms with Crippen LogP contribution >= 0.6 is 35.1 Å². The topological polar surface area (TPSA) is 24.4 Å². The quantitative estimate of drug-likeness (QED) is 0.468. The zero-order valence-electron chi connectivity index (χ0n) is 11.3. The second-order valence-electron chi connectivity index (χ2n) is 3.98. The van der Waals surface area contributed by atoms with Gasteiger partial charge < -0.3 is 0 Å². The fourth-order valence-corrected chi connectivity index (χ4v) is 2.82. The van der Waals surface area contributed by atoms with Crippen molar-refractivity contribution in [3.63, 3.8) is 0 Å². The number of para-hydroxylation sites is 1. The zero-order valence-corrected chi connectivity index (χ0v) is 13.6. The van der Waals surface area contributed by atoms with Gasteiger partial charge in [0, 0.05) is 15.4 Å². The maximum absolute atomic E-state index is 6.28. The van der Waals surface area contributed by atoms with E-state index in [0.717, 1.165) is 11.3 Å². The summed E-state index contributed by atoms with van der Waals surface area (Å²) in [7, 11) is 0. The van der Waals surface area contributed by atoms with Crippen LogP contribution in [0.1, 0.15) is 5.56 Å². The smallest absolute Gasteiger partial charge is 0.156 e. The molecule has 0 saturated carbocycles. The maximum Gasteiger partial charge on any atom is 0.156 e. The first-order chi connectivity index (χ1) is 9.72. The highest BCUT2D eigenvalue weighted by Gasteiger charge is 2.05. The number of nitrogens with zero attached hydrogens (tertiary/aromatic N) is 1. The van der Waals surface area contributed by atoms with E-state index in [-0.39, 0.29) is 0 Å². The summed E-state index contributed by atoms with van der Waals surface area (Å²) in [6.07, 6.45) is 4.10. The molecule has 2 aromatic carbocycles. The molecule has 0 atom stereocenters. The molecule has 2 nitrogen and oxygen atoms in total. The van der Waals surface area contributed by atoms with E-state index in [9.17, 15) is 0 Å². The summed E-state index contributed by atoms with van der Waals surface area (Å²) >= 11 is 9.68. The van der Waals surface area contributed by atoms with Crippen molar-refractivity contribution in [1.82, 2.24) is 0 Å². The molecule has 1 N–H and O–H groups in total. The van der Waals surface area contributed by atoms with Gasteiger partial charge in [0.2, 0.25) is 0 Å². The van der Waals surface area contributed by atoms with Crippen LogP contribution in [0.5, 0.6) is 0 Å². The van der Waals surface area contributed by atoms with Gasteiger partial charge in [0.25, 0.3) is 0 Å². The van der Waals surface area contributed by atoms with E-state index < -0.39 is 0 Å². The van der Waals surface area contributed by atoms with Crippen molar-refractivity contribution in [2.75, 3.05) is 17.9 Å². The van der Waals surface area contributed by atoms with Gasteiger partial charge in [-0.25, -0.2) is 0 Å². The van der Waals surface area contributed by atoms with E-state index >= 15 is 0 Å². The molecule has 0 radical (unpaired) electrons. The Balaban J connectivity index is 2.21. The number of thioether (sulfide) groups is 2. The van der Waals surface area contributed by atoms with Crippen molar-refractivity contribution >= 4 is 46.0 Å². The highest BCUT2D eigenvalue weighted by Crippen LogP contribution is 2.25. The molecule has 104 valence electrons. The average Bonchev–Trinajstić information content (AvgIpc) is 2.52. The molecule has 2 rings (SSSR count). The lowest BCUT2D eigenvalue weighted by molar-refractivity contribution is 1.30. The standard InChI is InChI=1S/C15H15ClN2S2/c1-19-13-8-11(9-14(10-13)20-2)15(16)18-17-12-6-4-3-5-7-12/h3-10,17H,1-2H3. The molecule has 0 saturated heterocycles. The van der Waals surface area contributed by atoms with Crippen LogP contribution in [0.4, 0.5) is 5.69 Å². The average molecular weight is 323 g/mol. The molecule has 0 aliphatic heterocycles. The fourth-order valence-electron chi connectivity index (χ4n) is 1.62. The Morgan fingerprint density at radius 1 is 1.00 bits per heavy atom. The van der Waals surface area contributed by atoms with Gasteiger partial charge >= 0.3 is 0 Å². The molecule has 0 aliphatic rings. The lowest BCUT2D eigenvalue weighted by atomic mass is 10.2. The van der Waals surface area contributed by atoms with Crippen molar-refractivity contribution in [3.8, 4) is 0 Å². The second-order valence-corrected chi connectivity index (χ2v) is 6.10. The summed E-state index contributed by atoms with van der Waals surface area (Å²) in [5, 5.41) is 4.69. The minimum Gasteiger partial charge on any atom is -0.277 e. The number of hydrazone groups is 1. The first-order valence-corrected chi connectivity index (χ1v) is 8.83. The number of benzene rings is 2. The summed E-state index contributed by atoms with van der Waals surface area (Å²) in [5.74, 6) is 0. The SMILES string of the molecule is CSc1cc(SC)cc(C(Cl)=NNc2ccccc2)c1. The molecule has 0 heterocycles. The van der Waals surface area contributed by atoms with E-state index in [2.05, 4.69) is 29.1 Å². The van der Waals surface area contributed by atoms with Crippen molar-refractivity contribution < 1.29 is 0 Å². The van der Waals surface area contributed by atoms with Crippen LogP contribution in [0.3, 0.4) is 0 Å². The first kappa shape index (κ1) is 15.3. The van der Waals surface area contributed by atoms with E-state index in [1.807, 2.05) is 42.5 Å². The number of anilines is 1. The van der Waals surface area contributed by atoms with Gasteiger partial charge in [0.15, 0.2) is 5.17 Å². The Labute approximate surface area is 133 Å². The summed E-state index contributed by atoms with van der Waals surface area (Å²) in [6.45, 7) is 0. The number of rotatable bonds is 5. The van der Waals surface area contributed by atoms with E-state index in [1.165, 1.54) is 9.79 Å². The molecular weight excluding hydrogens is 308 g/mol. The number of nitrogens with one attached hydrogen (secondary N) is 1. The normalized spacial score (nSPS) is 11.4. The van der Waals surface area contributed by atoms with Crippen LogP contribution < -0.4 is 5.43 Å². The maximum atomic E-state index is 6.28. The summed E-state index contributed by atoms with van der Waals surface area (Å²) in [5.41, 5.74) is 4.80. The Bertz CT molecular complexity index is 578. The van der Waals surface area contributed by atoms with Gasteiger partial charge in [-0.2, -0.15) is 5.10 Å². The fraction of sp³-hybridized carbons (Fsp3) is 0.133. The molecule has 0 aromatic heterocycles. The molecule has 20 heavy (non-hydrogen) atoms. The van der Waals surface area contributed by atoms with Gasteiger partial charge in [-0.1, -0.05) is 29.8 Å². The third-order valence-corrected chi connectivity index (χ3v) is 4.36. The molecule has 0 bridgehead atoms. The molecule has 0 aliphatic carbocycles. The highest BCUT2D eigenvalue weighted by atomic mass is 35.5.